The van der Waals surface area contributed by atoms with Gasteiger partial charge in [0, 0.05) is 32.3 Å². The predicted molar refractivity (Wildman–Crippen MR) is 74.0 cm³/mol. The molecule has 0 radical (unpaired) electrons. The van der Waals surface area contributed by atoms with E-state index < -0.39 is 5.82 Å². The van der Waals surface area contributed by atoms with Gasteiger partial charge in [-0.15, -0.1) is 0 Å². The molecule has 2 fully saturated rings. The Balaban J connectivity index is 1.42. The van der Waals surface area contributed by atoms with E-state index in [1.807, 2.05) is 0 Å². The van der Waals surface area contributed by atoms with E-state index in [4.69, 9.17) is 4.74 Å². The van der Waals surface area contributed by atoms with Crippen LogP contribution in [0.15, 0.2) is 12.4 Å². The Morgan fingerprint density at radius 3 is 2.65 bits per heavy atom. The summed E-state index contributed by atoms with van der Waals surface area (Å²) in [6.45, 7) is 5.18. The van der Waals surface area contributed by atoms with E-state index in [9.17, 15) is 4.39 Å². The molecule has 2 saturated heterocycles. The Bertz CT molecular complexity index is 414. The van der Waals surface area contributed by atoms with E-state index in [0.717, 1.165) is 45.7 Å². The Kier molecular flexibility index (Phi) is 4.42. The molecule has 3 heterocycles. The molecule has 6 heteroatoms. The van der Waals surface area contributed by atoms with Gasteiger partial charge in [-0.1, -0.05) is 0 Å². The Hall–Kier alpha value is -1.27. The van der Waals surface area contributed by atoms with Crippen molar-refractivity contribution in [3.05, 3.63) is 18.2 Å². The standard InChI is InChI=1S/C14H21FN4O/c15-12-7-16-14(17-8-12)18-13-1-4-19(5-2-13)9-11-3-6-20-10-11/h7-8,11,13H,1-6,9-10H2,(H,16,17,18)/t11-/m1/s1. The molecule has 110 valence electrons. The normalized spacial score (nSPS) is 24.9. The molecule has 0 unspecified atom stereocenters. The van der Waals surface area contributed by atoms with E-state index in [-0.39, 0.29) is 0 Å². The van der Waals surface area contributed by atoms with Crippen molar-refractivity contribution in [2.24, 2.45) is 5.92 Å². The topological polar surface area (TPSA) is 50.3 Å². The van der Waals surface area contributed by atoms with Crippen LogP contribution in [-0.2, 0) is 4.74 Å². The molecular weight excluding hydrogens is 259 g/mol. The first kappa shape index (κ1) is 13.7. The maximum absolute atomic E-state index is 12.7. The number of hydrogen-bond acceptors (Lipinski definition) is 5. The molecule has 0 amide bonds. The smallest absolute Gasteiger partial charge is 0.222 e. The number of aromatic nitrogens is 2. The van der Waals surface area contributed by atoms with Gasteiger partial charge < -0.3 is 15.0 Å². The molecule has 2 aliphatic rings. The van der Waals surface area contributed by atoms with Crippen LogP contribution in [0.25, 0.3) is 0 Å². The minimum atomic E-state index is -0.399. The summed E-state index contributed by atoms with van der Waals surface area (Å²) >= 11 is 0. The number of hydrogen-bond donors (Lipinski definition) is 1. The van der Waals surface area contributed by atoms with Crippen LogP contribution in [-0.4, -0.2) is 53.8 Å². The van der Waals surface area contributed by atoms with Crippen LogP contribution in [0.2, 0.25) is 0 Å². The van der Waals surface area contributed by atoms with Crippen molar-refractivity contribution in [1.82, 2.24) is 14.9 Å². The molecule has 1 aromatic heterocycles. The van der Waals surface area contributed by atoms with E-state index in [2.05, 4.69) is 20.2 Å². The Labute approximate surface area is 118 Å². The third-order valence-electron chi connectivity index (χ3n) is 4.08. The van der Waals surface area contributed by atoms with Gasteiger partial charge in [0.25, 0.3) is 0 Å². The molecule has 0 bridgehead atoms. The van der Waals surface area contributed by atoms with Crippen LogP contribution in [0.1, 0.15) is 19.3 Å². The third kappa shape index (κ3) is 3.64. The molecule has 20 heavy (non-hydrogen) atoms. The SMILES string of the molecule is Fc1cnc(NC2CCN(C[C@H]3CCOC3)CC2)nc1. The Morgan fingerprint density at radius 1 is 1.25 bits per heavy atom. The van der Waals surface area contributed by atoms with E-state index in [1.54, 1.807) is 0 Å². The molecule has 5 nitrogen and oxygen atoms in total. The molecule has 0 saturated carbocycles. The third-order valence-corrected chi connectivity index (χ3v) is 4.08. The zero-order valence-corrected chi connectivity index (χ0v) is 11.6. The molecule has 0 aliphatic carbocycles. The van der Waals surface area contributed by atoms with Crippen LogP contribution < -0.4 is 5.32 Å². The van der Waals surface area contributed by atoms with Crippen LogP contribution in [0.3, 0.4) is 0 Å². The summed E-state index contributed by atoms with van der Waals surface area (Å²) in [4.78, 5) is 10.4. The summed E-state index contributed by atoms with van der Waals surface area (Å²) < 4.78 is 18.2. The predicted octanol–water partition coefficient (Wildman–Crippen LogP) is 1.53. The summed E-state index contributed by atoms with van der Waals surface area (Å²) in [5.74, 6) is 0.832. The summed E-state index contributed by atoms with van der Waals surface area (Å²) in [5, 5.41) is 3.28. The number of anilines is 1. The van der Waals surface area contributed by atoms with Crippen molar-refractivity contribution in [3.63, 3.8) is 0 Å². The van der Waals surface area contributed by atoms with Crippen molar-refractivity contribution in [2.75, 3.05) is 38.2 Å². The fraction of sp³-hybridized carbons (Fsp3) is 0.714. The van der Waals surface area contributed by atoms with Crippen LogP contribution >= 0.6 is 0 Å². The largest absolute Gasteiger partial charge is 0.381 e. The van der Waals surface area contributed by atoms with Crippen molar-refractivity contribution in [2.45, 2.75) is 25.3 Å². The average molecular weight is 280 g/mol. The first-order valence-corrected chi connectivity index (χ1v) is 7.34. The lowest BCUT2D eigenvalue weighted by atomic mass is 10.0. The van der Waals surface area contributed by atoms with Gasteiger partial charge in [-0.2, -0.15) is 0 Å². The van der Waals surface area contributed by atoms with Gasteiger partial charge >= 0.3 is 0 Å². The van der Waals surface area contributed by atoms with Crippen molar-refractivity contribution < 1.29 is 9.13 Å². The number of nitrogens with zero attached hydrogens (tertiary/aromatic N) is 3. The highest BCUT2D eigenvalue weighted by Crippen LogP contribution is 2.19. The van der Waals surface area contributed by atoms with E-state index in [1.165, 1.54) is 18.8 Å². The van der Waals surface area contributed by atoms with Crippen molar-refractivity contribution in [1.29, 1.82) is 0 Å². The quantitative estimate of drug-likeness (QED) is 0.906. The molecule has 1 N–H and O–H groups in total. The van der Waals surface area contributed by atoms with Crippen molar-refractivity contribution in [3.8, 4) is 0 Å². The Morgan fingerprint density at radius 2 is 2.00 bits per heavy atom. The van der Waals surface area contributed by atoms with E-state index >= 15 is 0 Å². The van der Waals surface area contributed by atoms with Gasteiger partial charge in [-0.25, -0.2) is 14.4 Å². The monoisotopic (exact) mass is 280 g/mol. The number of halogens is 1. The maximum atomic E-state index is 12.7. The summed E-state index contributed by atoms with van der Waals surface area (Å²) in [6.07, 6.45) is 5.75. The molecule has 2 aliphatic heterocycles. The second-order valence-electron chi connectivity index (χ2n) is 5.67. The number of nitrogens with one attached hydrogen (secondary N) is 1. The highest BCUT2D eigenvalue weighted by molar-refractivity contribution is 5.24. The second kappa shape index (κ2) is 6.45. The molecule has 0 spiro atoms. The lowest BCUT2D eigenvalue weighted by molar-refractivity contribution is 0.154. The van der Waals surface area contributed by atoms with Crippen molar-refractivity contribution >= 4 is 5.95 Å². The second-order valence-corrected chi connectivity index (χ2v) is 5.67. The highest BCUT2D eigenvalue weighted by atomic mass is 19.1. The fourth-order valence-corrected chi connectivity index (χ4v) is 2.92. The van der Waals surface area contributed by atoms with Gasteiger partial charge in [0.2, 0.25) is 5.95 Å². The number of rotatable bonds is 4. The summed E-state index contributed by atoms with van der Waals surface area (Å²) in [7, 11) is 0. The average Bonchev–Trinajstić information content (AvgIpc) is 2.96. The van der Waals surface area contributed by atoms with Gasteiger partial charge in [0.05, 0.1) is 19.0 Å². The maximum Gasteiger partial charge on any atom is 0.222 e. The molecular formula is C14H21FN4O. The first-order chi connectivity index (χ1) is 9.79. The van der Waals surface area contributed by atoms with Gasteiger partial charge in [-0.05, 0) is 25.2 Å². The minimum absolute atomic E-state index is 0.386. The van der Waals surface area contributed by atoms with E-state index in [0.29, 0.717) is 17.9 Å². The molecule has 0 aromatic carbocycles. The molecule has 3 rings (SSSR count). The molecule has 1 atom stereocenters. The number of likely N-dealkylation sites (tertiary alicyclic amines) is 1. The van der Waals surface area contributed by atoms with Gasteiger partial charge in [0.1, 0.15) is 0 Å². The summed E-state index contributed by atoms with van der Waals surface area (Å²) in [5.41, 5.74) is 0. The van der Waals surface area contributed by atoms with Crippen LogP contribution in [0, 0.1) is 11.7 Å². The van der Waals surface area contributed by atoms with Gasteiger partial charge in [-0.3, -0.25) is 0 Å². The molecule has 1 aromatic rings. The van der Waals surface area contributed by atoms with Crippen LogP contribution in [0.4, 0.5) is 10.3 Å². The zero-order chi connectivity index (χ0) is 13.8. The lowest BCUT2D eigenvalue weighted by Crippen LogP contribution is -2.41. The summed E-state index contributed by atoms with van der Waals surface area (Å²) in [6, 6.07) is 0.386. The number of ether oxygens (including phenoxy) is 1. The fourth-order valence-electron chi connectivity index (χ4n) is 2.92. The van der Waals surface area contributed by atoms with Gasteiger partial charge in [0.15, 0.2) is 5.82 Å². The number of piperidine rings is 1. The lowest BCUT2D eigenvalue weighted by Gasteiger charge is -2.33. The van der Waals surface area contributed by atoms with Crippen LogP contribution in [0.5, 0.6) is 0 Å². The zero-order valence-electron chi connectivity index (χ0n) is 11.6. The minimum Gasteiger partial charge on any atom is -0.381 e. The highest BCUT2D eigenvalue weighted by Gasteiger charge is 2.24. The first-order valence-electron chi connectivity index (χ1n) is 7.34.